The lowest BCUT2D eigenvalue weighted by Gasteiger charge is -2.07. The zero-order valence-corrected chi connectivity index (χ0v) is 11.1. The van der Waals surface area contributed by atoms with Crippen LogP contribution in [0.5, 0.6) is 0 Å². The summed E-state index contributed by atoms with van der Waals surface area (Å²) in [7, 11) is 0. The highest BCUT2D eigenvalue weighted by molar-refractivity contribution is 5.58. The average Bonchev–Trinajstić information content (AvgIpc) is 2.97. The molecule has 2 aromatic carbocycles. The number of hydrogen-bond donors (Lipinski definition) is 0. The molecule has 3 aromatic rings. The Balaban J connectivity index is 1.96. The SMILES string of the molecule is N#Cc1ccccc1Cn1nncc1-c1ccc(F)cc1. The molecule has 0 atom stereocenters. The van der Waals surface area contributed by atoms with E-state index in [0.717, 1.165) is 16.8 Å². The van der Waals surface area contributed by atoms with Crippen molar-refractivity contribution in [3.63, 3.8) is 0 Å². The Morgan fingerprint density at radius 1 is 1.10 bits per heavy atom. The van der Waals surface area contributed by atoms with Gasteiger partial charge in [-0.05, 0) is 35.9 Å². The number of halogens is 1. The van der Waals surface area contributed by atoms with Crippen molar-refractivity contribution in [2.24, 2.45) is 0 Å². The van der Waals surface area contributed by atoms with Gasteiger partial charge in [0.1, 0.15) is 5.82 Å². The van der Waals surface area contributed by atoms with Crippen LogP contribution >= 0.6 is 0 Å². The smallest absolute Gasteiger partial charge is 0.123 e. The van der Waals surface area contributed by atoms with Gasteiger partial charge < -0.3 is 0 Å². The van der Waals surface area contributed by atoms with Crippen LogP contribution in [0.3, 0.4) is 0 Å². The van der Waals surface area contributed by atoms with E-state index in [2.05, 4.69) is 16.4 Å². The third kappa shape index (κ3) is 2.65. The summed E-state index contributed by atoms with van der Waals surface area (Å²) < 4.78 is 14.7. The Bertz CT molecular complexity index is 800. The molecule has 3 rings (SSSR count). The highest BCUT2D eigenvalue weighted by Gasteiger charge is 2.09. The lowest BCUT2D eigenvalue weighted by Crippen LogP contribution is -2.05. The van der Waals surface area contributed by atoms with Crippen molar-refractivity contribution >= 4 is 0 Å². The number of nitrogens with zero attached hydrogens (tertiary/aromatic N) is 4. The molecule has 21 heavy (non-hydrogen) atoms. The minimum Gasteiger partial charge on any atom is -0.240 e. The molecule has 0 N–H and O–H groups in total. The van der Waals surface area contributed by atoms with Crippen molar-refractivity contribution < 1.29 is 4.39 Å². The molecule has 1 aromatic heterocycles. The molecule has 1 heterocycles. The standard InChI is InChI=1S/C16H11FN4/c17-15-7-5-12(6-8-15)16-10-19-20-21(16)11-14-4-2-1-3-13(14)9-18/h1-8,10H,11H2. The van der Waals surface area contributed by atoms with Crippen LogP contribution in [0.25, 0.3) is 11.3 Å². The van der Waals surface area contributed by atoms with Gasteiger partial charge in [-0.25, -0.2) is 9.07 Å². The first kappa shape index (κ1) is 13.0. The normalized spacial score (nSPS) is 10.3. The van der Waals surface area contributed by atoms with Gasteiger partial charge in [-0.15, -0.1) is 5.10 Å². The minimum atomic E-state index is -0.285. The molecule has 0 unspecified atom stereocenters. The van der Waals surface area contributed by atoms with Crippen molar-refractivity contribution in [2.45, 2.75) is 6.54 Å². The zero-order chi connectivity index (χ0) is 14.7. The number of rotatable bonds is 3. The van der Waals surface area contributed by atoms with Crippen molar-refractivity contribution in [1.29, 1.82) is 5.26 Å². The summed E-state index contributed by atoms with van der Waals surface area (Å²) in [6.45, 7) is 0.441. The maximum absolute atomic E-state index is 13.0. The monoisotopic (exact) mass is 278 g/mol. The molecule has 0 radical (unpaired) electrons. The molecule has 0 saturated heterocycles. The summed E-state index contributed by atoms with van der Waals surface area (Å²) in [6, 6.07) is 15.7. The summed E-state index contributed by atoms with van der Waals surface area (Å²) in [4.78, 5) is 0. The Morgan fingerprint density at radius 3 is 2.62 bits per heavy atom. The first-order chi connectivity index (χ1) is 10.3. The van der Waals surface area contributed by atoms with Crippen molar-refractivity contribution in [1.82, 2.24) is 15.0 Å². The van der Waals surface area contributed by atoms with E-state index in [0.29, 0.717) is 12.1 Å². The number of nitriles is 1. The largest absolute Gasteiger partial charge is 0.240 e. The van der Waals surface area contributed by atoms with Gasteiger partial charge in [-0.1, -0.05) is 23.4 Å². The number of benzene rings is 2. The van der Waals surface area contributed by atoms with Gasteiger partial charge in [0.15, 0.2) is 0 Å². The fourth-order valence-electron chi connectivity index (χ4n) is 2.15. The van der Waals surface area contributed by atoms with Gasteiger partial charge in [0, 0.05) is 5.56 Å². The molecule has 0 aliphatic carbocycles. The molecule has 0 spiro atoms. The highest BCUT2D eigenvalue weighted by Crippen LogP contribution is 2.20. The van der Waals surface area contributed by atoms with Crippen LogP contribution in [0.15, 0.2) is 54.7 Å². The van der Waals surface area contributed by atoms with Gasteiger partial charge in [-0.3, -0.25) is 0 Å². The van der Waals surface area contributed by atoms with E-state index in [9.17, 15) is 4.39 Å². The Morgan fingerprint density at radius 2 is 1.86 bits per heavy atom. The topological polar surface area (TPSA) is 54.5 Å². The molecule has 0 fully saturated rings. The van der Waals surface area contributed by atoms with Crippen LogP contribution in [-0.2, 0) is 6.54 Å². The lowest BCUT2D eigenvalue weighted by atomic mass is 10.1. The Labute approximate surface area is 121 Å². The Hall–Kier alpha value is -3.00. The highest BCUT2D eigenvalue weighted by atomic mass is 19.1. The molecule has 102 valence electrons. The lowest BCUT2D eigenvalue weighted by molar-refractivity contribution is 0.627. The first-order valence-corrected chi connectivity index (χ1v) is 6.40. The maximum atomic E-state index is 13.0. The maximum Gasteiger partial charge on any atom is 0.123 e. The summed E-state index contributed by atoms with van der Waals surface area (Å²) in [5.41, 5.74) is 3.09. The van der Waals surface area contributed by atoms with E-state index >= 15 is 0 Å². The van der Waals surface area contributed by atoms with E-state index in [1.54, 1.807) is 29.1 Å². The van der Waals surface area contributed by atoms with Crippen LogP contribution in [0.1, 0.15) is 11.1 Å². The summed E-state index contributed by atoms with van der Waals surface area (Å²) in [6.07, 6.45) is 1.63. The molecule has 0 amide bonds. The van der Waals surface area contributed by atoms with Gasteiger partial charge in [0.05, 0.1) is 30.1 Å². The zero-order valence-electron chi connectivity index (χ0n) is 11.1. The van der Waals surface area contributed by atoms with Crippen molar-refractivity contribution in [3.05, 3.63) is 71.7 Å². The second-order valence-corrected chi connectivity index (χ2v) is 4.55. The second kappa shape index (κ2) is 5.55. The van der Waals surface area contributed by atoms with Gasteiger partial charge >= 0.3 is 0 Å². The van der Waals surface area contributed by atoms with Crippen molar-refractivity contribution in [3.8, 4) is 17.3 Å². The minimum absolute atomic E-state index is 0.285. The fourth-order valence-corrected chi connectivity index (χ4v) is 2.15. The second-order valence-electron chi connectivity index (χ2n) is 4.55. The molecular formula is C16H11FN4. The van der Waals surface area contributed by atoms with Gasteiger partial charge in [-0.2, -0.15) is 5.26 Å². The quantitative estimate of drug-likeness (QED) is 0.740. The molecule has 0 saturated carbocycles. The first-order valence-electron chi connectivity index (χ1n) is 6.40. The third-order valence-corrected chi connectivity index (χ3v) is 3.22. The Kier molecular flexibility index (Phi) is 3.44. The fraction of sp³-hybridized carbons (Fsp3) is 0.0625. The molecule has 0 aliphatic rings. The average molecular weight is 278 g/mol. The van der Waals surface area contributed by atoms with Crippen LogP contribution in [0.4, 0.5) is 4.39 Å². The molecule has 5 heteroatoms. The van der Waals surface area contributed by atoms with E-state index in [-0.39, 0.29) is 5.82 Å². The van der Waals surface area contributed by atoms with E-state index in [1.807, 2.05) is 18.2 Å². The molecule has 0 aliphatic heterocycles. The van der Waals surface area contributed by atoms with Gasteiger partial charge in [0.25, 0.3) is 0 Å². The molecular weight excluding hydrogens is 267 g/mol. The third-order valence-electron chi connectivity index (χ3n) is 3.22. The predicted molar refractivity (Wildman–Crippen MR) is 75.7 cm³/mol. The number of aromatic nitrogens is 3. The van der Waals surface area contributed by atoms with E-state index in [1.165, 1.54) is 12.1 Å². The molecule has 4 nitrogen and oxygen atoms in total. The summed E-state index contributed by atoms with van der Waals surface area (Å²) in [5.74, 6) is -0.285. The molecule has 0 bridgehead atoms. The van der Waals surface area contributed by atoms with Gasteiger partial charge in [0.2, 0.25) is 0 Å². The van der Waals surface area contributed by atoms with Crippen LogP contribution in [-0.4, -0.2) is 15.0 Å². The van der Waals surface area contributed by atoms with Crippen LogP contribution < -0.4 is 0 Å². The summed E-state index contributed by atoms with van der Waals surface area (Å²) >= 11 is 0. The number of hydrogen-bond acceptors (Lipinski definition) is 3. The van der Waals surface area contributed by atoms with Crippen LogP contribution in [0, 0.1) is 17.1 Å². The van der Waals surface area contributed by atoms with E-state index < -0.39 is 0 Å². The van der Waals surface area contributed by atoms with Crippen LogP contribution in [0.2, 0.25) is 0 Å². The predicted octanol–water partition coefficient (Wildman–Crippen LogP) is 3.00. The van der Waals surface area contributed by atoms with Crippen molar-refractivity contribution in [2.75, 3.05) is 0 Å². The summed E-state index contributed by atoms with van der Waals surface area (Å²) in [5, 5.41) is 17.1. The van der Waals surface area contributed by atoms with E-state index in [4.69, 9.17) is 5.26 Å².